The van der Waals surface area contributed by atoms with Crippen LogP contribution >= 0.6 is 12.2 Å². The summed E-state index contributed by atoms with van der Waals surface area (Å²) >= 11 is 5.55. The minimum atomic E-state index is 0.818. The van der Waals surface area contributed by atoms with E-state index in [1.54, 1.807) is 0 Å². The van der Waals surface area contributed by atoms with Gasteiger partial charge in [0.05, 0.1) is 0 Å². The Morgan fingerprint density at radius 1 is 0.955 bits per heavy atom. The van der Waals surface area contributed by atoms with Crippen LogP contribution in [0.4, 0.5) is 11.4 Å². The maximum Gasteiger partial charge on any atom is 0.173 e. The summed E-state index contributed by atoms with van der Waals surface area (Å²) < 4.78 is 0. The number of nitrogens with zero attached hydrogens (tertiary/aromatic N) is 2. The Labute approximate surface area is 137 Å². The van der Waals surface area contributed by atoms with Crippen molar-refractivity contribution in [3.63, 3.8) is 0 Å². The highest BCUT2D eigenvalue weighted by Gasteiger charge is 2.19. The molecule has 0 saturated carbocycles. The molecule has 1 fully saturated rings. The van der Waals surface area contributed by atoms with Crippen molar-refractivity contribution in [1.29, 1.82) is 0 Å². The van der Waals surface area contributed by atoms with Gasteiger partial charge in [-0.3, -0.25) is 0 Å². The van der Waals surface area contributed by atoms with E-state index in [1.165, 1.54) is 11.3 Å². The third kappa shape index (κ3) is 3.57. The summed E-state index contributed by atoms with van der Waals surface area (Å²) in [5.41, 5.74) is 3.59. The number of hydrogen-bond acceptors (Lipinski definition) is 2. The third-order valence-electron chi connectivity index (χ3n) is 3.96. The predicted molar refractivity (Wildman–Crippen MR) is 97.6 cm³/mol. The molecule has 3 nitrogen and oxygen atoms in total. The zero-order valence-corrected chi connectivity index (χ0v) is 13.6. The van der Waals surface area contributed by atoms with E-state index in [0.29, 0.717) is 0 Å². The Balaban J connectivity index is 1.56. The van der Waals surface area contributed by atoms with Crippen LogP contribution in [0.5, 0.6) is 0 Å². The molecule has 1 N–H and O–H groups in total. The number of para-hydroxylation sites is 1. The van der Waals surface area contributed by atoms with Crippen LogP contribution in [-0.4, -0.2) is 36.2 Å². The fraction of sp³-hybridized carbons (Fsp3) is 0.278. The van der Waals surface area contributed by atoms with Crippen molar-refractivity contribution in [3.8, 4) is 0 Å². The van der Waals surface area contributed by atoms with Gasteiger partial charge in [-0.05, 0) is 49.0 Å². The topological polar surface area (TPSA) is 18.5 Å². The van der Waals surface area contributed by atoms with Crippen LogP contribution in [0, 0.1) is 6.92 Å². The summed E-state index contributed by atoms with van der Waals surface area (Å²) in [5.74, 6) is 0. The van der Waals surface area contributed by atoms with Gasteiger partial charge in [-0.1, -0.05) is 30.3 Å². The standard InChI is InChI=1S/C18H21N3S/c1-15-6-5-7-16(14-15)19-18(22)21-12-10-20(11-13-21)17-8-3-2-4-9-17/h2-9,14H,10-13H2,1H3,(H,19,22). The van der Waals surface area contributed by atoms with Crippen LogP contribution in [-0.2, 0) is 0 Å². The Bertz CT molecular complexity index is 634. The van der Waals surface area contributed by atoms with Crippen LogP contribution in [0.2, 0.25) is 0 Å². The van der Waals surface area contributed by atoms with Gasteiger partial charge in [0.1, 0.15) is 0 Å². The van der Waals surface area contributed by atoms with Gasteiger partial charge in [0.15, 0.2) is 5.11 Å². The number of piperazine rings is 1. The van der Waals surface area contributed by atoms with E-state index >= 15 is 0 Å². The zero-order chi connectivity index (χ0) is 15.4. The van der Waals surface area contributed by atoms with E-state index in [-0.39, 0.29) is 0 Å². The molecule has 1 aliphatic rings. The first-order valence-corrected chi connectivity index (χ1v) is 8.06. The minimum Gasteiger partial charge on any atom is -0.368 e. The molecule has 2 aromatic rings. The van der Waals surface area contributed by atoms with Crippen molar-refractivity contribution in [1.82, 2.24) is 4.90 Å². The maximum atomic E-state index is 5.55. The lowest BCUT2D eigenvalue weighted by Gasteiger charge is -2.37. The van der Waals surface area contributed by atoms with E-state index in [0.717, 1.165) is 37.0 Å². The van der Waals surface area contributed by atoms with E-state index in [1.807, 2.05) is 6.07 Å². The fourth-order valence-corrected chi connectivity index (χ4v) is 3.03. The molecule has 1 heterocycles. The average Bonchev–Trinajstić information content (AvgIpc) is 2.56. The highest BCUT2D eigenvalue weighted by Crippen LogP contribution is 2.16. The summed E-state index contributed by atoms with van der Waals surface area (Å²) in [7, 11) is 0. The molecule has 1 saturated heterocycles. The quantitative estimate of drug-likeness (QED) is 0.855. The number of nitrogens with one attached hydrogen (secondary N) is 1. The van der Waals surface area contributed by atoms with Crippen molar-refractivity contribution in [3.05, 3.63) is 60.2 Å². The monoisotopic (exact) mass is 311 g/mol. The van der Waals surface area contributed by atoms with Crippen LogP contribution in [0.1, 0.15) is 5.56 Å². The molecule has 2 aromatic carbocycles. The maximum absolute atomic E-state index is 5.55. The van der Waals surface area contributed by atoms with Gasteiger partial charge in [-0.15, -0.1) is 0 Å². The summed E-state index contributed by atoms with van der Waals surface area (Å²) in [6.07, 6.45) is 0. The Morgan fingerprint density at radius 2 is 1.68 bits per heavy atom. The second kappa shape index (κ2) is 6.79. The summed E-state index contributed by atoms with van der Waals surface area (Å²) in [5, 5.41) is 4.16. The molecule has 114 valence electrons. The van der Waals surface area contributed by atoms with Crippen LogP contribution in [0.3, 0.4) is 0 Å². The molecule has 0 radical (unpaired) electrons. The van der Waals surface area contributed by atoms with E-state index in [2.05, 4.69) is 70.6 Å². The van der Waals surface area contributed by atoms with Gasteiger partial charge in [-0.2, -0.15) is 0 Å². The molecule has 4 heteroatoms. The SMILES string of the molecule is Cc1cccc(NC(=S)N2CCN(c3ccccc3)CC2)c1. The lowest BCUT2D eigenvalue weighted by Crippen LogP contribution is -2.50. The molecule has 0 amide bonds. The second-order valence-electron chi connectivity index (χ2n) is 5.61. The number of aryl methyl sites for hydroxylation is 1. The molecular weight excluding hydrogens is 290 g/mol. The molecule has 3 rings (SSSR count). The van der Waals surface area contributed by atoms with Gasteiger partial charge in [-0.25, -0.2) is 0 Å². The third-order valence-corrected chi connectivity index (χ3v) is 4.32. The Kier molecular flexibility index (Phi) is 4.59. The summed E-state index contributed by atoms with van der Waals surface area (Å²) in [6.45, 7) is 5.99. The van der Waals surface area contributed by atoms with Gasteiger partial charge in [0, 0.05) is 37.6 Å². The van der Waals surface area contributed by atoms with Crippen molar-refractivity contribution in [2.75, 3.05) is 36.4 Å². The lowest BCUT2D eigenvalue weighted by molar-refractivity contribution is 0.391. The second-order valence-corrected chi connectivity index (χ2v) is 6.00. The lowest BCUT2D eigenvalue weighted by atomic mass is 10.2. The largest absolute Gasteiger partial charge is 0.368 e. The van der Waals surface area contributed by atoms with E-state index < -0.39 is 0 Å². The van der Waals surface area contributed by atoms with E-state index in [9.17, 15) is 0 Å². The molecule has 0 aliphatic carbocycles. The Hall–Kier alpha value is -2.07. The average molecular weight is 311 g/mol. The van der Waals surface area contributed by atoms with Crippen molar-refractivity contribution in [2.45, 2.75) is 6.92 Å². The molecule has 0 aromatic heterocycles. The van der Waals surface area contributed by atoms with Gasteiger partial charge < -0.3 is 15.1 Å². The highest BCUT2D eigenvalue weighted by atomic mass is 32.1. The Morgan fingerprint density at radius 3 is 2.36 bits per heavy atom. The van der Waals surface area contributed by atoms with Gasteiger partial charge in [0.2, 0.25) is 0 Å². The summed E-state index contributed by atoms with van der Waals surface area (Å²) in [6, 6.07) is 18.9. The van der Waals surface area contributed by atoms with Crippen LogP contribution in [0.25, 0.3) is 0 Å². The van der Waals surface area contributed by atoms with Crippen molar-refractivity contribution < 1.29 is 0 Å². The van der Waals surface area contributed by atoms with Crippen LogP contribution < -0.4 is 10.2 Å². The molecular formula is C18H21N3S. The minimum absolute atomic E-state index is 0.818. The van der Waals surface area contributed by atoms with Gasteiger partial charge >= 0.3 is 0 Å². The first kappa shape index (κ1) is 14.9. The van der Waals surface area contributed by atoms with Gasteiger partial charge in [0.25, 0.3) is 0 Å². The zero-order valence-electron chi connectivity index (χ0n) is 12.8. The first-order chi connectivity index (χ1) is 10.7. The number of hydrogen-bond donors (Lipinski definition) is 1. The predicted octanol–water partition coefficient (Wildman–Crippen LogP) is 3.51. The highest BCUT2D eigenvalue weighted by molar-refractivity contribution is 7.80. The van der Waals surface area contributed by atoms with Crippen molar-refractivity contribution >= 4 is 28.7 Å². The number of benzene rings is 2. The number of thiocarbonyl (C=S) groups is 1. The number of anilines is 2. The molecule has 0 unspecified atom stereocenters. The fourth-order valence-electron chi connectivity index (χ4n) is 2.73. The first-order valence-electron chi connectivity index (χ1n) is 7.65. The molecule has 0 spiro atoms. The molecule has 1 aliphatic heterocycles. The summed E-state index contributed by atoms with van der Waals surface area (Å²) in [4.78, 5) is 4.66. The smallest absolute Gasteiger partial charge is 0.173 e. The molecule has 0 bridgehead atoms. The van der Waals surface area contributed by atoms with E-state index in [4.69, 9.17) is 12.2 Å². The normalized spacial score (nSPS) is 14.8. The molecule has 22 heavy (non-hydrogen) atoms. The van der Waals surface area contributed by atoms with Crippen LogP contribution in [0.15, 0.2) is 54.6 Å². The number of rotatable bonds is 2. The molecule has 0 atom stereocenters. The van der Waals surface area contributed by atoms with Crippen molar-refractivity contribution in [2.24, 2.45) is 0 Å².